The molecule has 1 aromatic heterocycles. The number of halogens is 1. The zero-order valence-electron chi connectivity index (χ0n) is 7.81. The SMILES string of the molecule is [N-]=[N+]=NCCCNC(=O)c1csc(I)c1. The van der Waals surface area contributed by atoms with E-state index in [0.29, 0.717) is 25.1 Å². The molecule has 1 amide bonds. The van der Waals surface area contributed by atoms with Gasteiger partial charge in [-0.1, -0.05) is 5.11 Å². The van der Waals surface area contributed by atoms with Crippen LogP contribution in [-0.4, -0.2) is 19.0 Å². The number of carbonyl (C=O) groups is 1. The van der Waals surface area contributed by atoms with Gasteiger partial charge in [0.05, 0.1) is 8.45 Å². The number of azide groups is 1. The molecule has 1 rings (SSSR count). The third-order valence-corrected chi connectivity index (χ3v) is 3.40. The van der Waals surface area contributed by atoms with Gasteiger partial charge in [-0.25, -0.2) is 0 Å². The van der Waals surface area contributed by atoms with Crippen LogP contribution < -0.4 is 5.32 Å². The monoisotopic (exact) mass is 336 g/mol. The quantitative estimate of drug-likeness (QED) is 0.290. The fourth-order valence-corrected chi connectivity index (χ4v) is 2.25. The number of nitrogens with one attached hydrogen (secondary N) is 1. The smallest absolute Gasteiger partial charge is 0.252 e. The van der Waals surface area contributed by atoms with Gasteiger partial charge in [0.1, 0.15) is 0 Å². The summed E-state index contributed by atoms with van der Waals surface area (Å²) in [4.78, 5) is 14.1. The molecule has 0 radical (unpaired) electrons. The van der Waals surface area contributed by atoms with E-state index in [4.69, 9.17) is 5.53 Å². The van der Waals surface area contributed by atoms with Gasteiger partial charge in [-0.05, 0) is 40.6 Å². The Morgan fingerprint density at radius 2 is 2.53 bits per heavy atom. The predicted octanol–water partition coefficient (Wildman–Crippen LogP) is 2.78. The molecular weight excluding hydrogens is 327 g/mol. The third-order valence-electron chi connectivity index (χ3n) is 1.61. The summed E-state index contributed by atoms with van der Waals surface area (Å²) in [6, 6.07) is 1.84. The van der Waals surface area contributed by atoms with Crippen molar-refractivity contribution < 1.29 is 4.79 Å². The lowest BCUT2D eigenvalue weighted by Gasteiger charge is -2.00. The number of rotatable bonds is 5. The van der Waals surface area contributed by atoms with E-state index in [0.717, 1.165) is 2.88 Å². The van der Waals surface area contributed by atoms with E-state index in [1.54, 1.807) is 0 Å². The van der Waals surface area contributed by atoms with E-state index in [9.17, 15) is 4.79 Å². The lowest BCUT2D eigenvalue weighted by atomic mass is 10.3. The zero-order valence-corrected chi connectivity index (χ0v) is 10.8. The number of thiophene rings is 1. The maximum absolute atomic E-state index is 11.5. The van der Waals surface area contributed by atoms with Gasteiger partial charge in [0.25, 0.3) is 5.91 Å². The molecule has 0 bridgehead atoms. The Bertz CT molecular complexity index is 386. The highest BCUT2D eigenvalue weighted by atomic mass is 127. The van der Waals surface area contributed by atoms with Crippen LogP contribution in [0, 0.1) is 2.88 Å². The number of hydrogen-bond donors (Lipinski definition) is 1. The van der Waals surface area contributed by atoms with Crippen LogP contribution in [0.25, 0.3) is 10.4 Å². The maximum atomic E-state index is 11.5. The molecule has 0 aromatic carbocycles. The van der Waals surface area contributed by atoms with E-state index in [1.807, 2.05) is 11.4 Å². The summed E-state index contributed by atoms with van der Waals surface area (Å²) in [6.45, 7) is 0.947. The van der Waals surface area contributed by atoms with Gasteiger partial charge in [-0.3, -0.25) is 4.79 Å². The van der Waals surface area contributed by atoms with Crippen LogP contribution >= 0.6 is 33.9 Å². The van der Waals surface area contributed by atoms with Crippen molar-refractivity contribution >= 4 is 39.8 Å². The molecule has 1 aromatic rings. The molecule has 5 nitrogen and oxygen atoms in total. The van der Waals surface area contributed by atoms with Crippen LogP contribution in [0.4, 0.5) is 0 Å². The van der Waals surface area contributed by atoms with Crippen LogP contribution in [0.15, 0.2) is 16.6 Å². The molecule has 0 aliphatic rings. The Hall–Kier alpha value is -0.790. The number of carbonyl (C=O) groups excluding carboxylic acids is 1. The first-order valence-electron chi connectivity index (χ1n) is 4.27. The van der Waals surface area contributed by atoms with Crippen molar-refractivity contribution in [2.45, 2.75) is 6.42 Å². The van der Waals surface area contributed by atoms with Gasteiger partial charge in [0, 0.05) is 23.4 Å². The van der Waals surface area contributed by atoms with Gasteiger partial charge >= 0.3 is 0 Å². The Morgan fingerprint density at radius 1 is 1.73 bits per heavy atom. The summed E-state index contributed by atoms with van der Waals surface area (Å²) in [6.07, 6.45) is 0.664. The highest BCUT2D eigenvalue weighted by Gasteiger charge is 2.06. The van der Waals surface area contributed by atoms with Gasteiger partial charge in [-0.2, -0.15) is 0 Å². The molecular formula is C8H9IN4OS. The molecule has 15 heavy (non-hydrogen) atoms. The zero-order chi connectivity index (χ0) is 11.1. The average Bonchev–Trinajstić information content (AvgIpc) is 2.64. The number of nitrogens with zero attached hydrogens (tertiary/aromatic N) is 3. The Labute approximate surface area is 105 Å². The summed E-state index contributed by atoms with van der Waals surface area (Å²) in [5.74, 6) is -0.0740. The van der Waals surface area contributed by atoms with Crippen molar-refractivity contribution in [3.8, 4) is 0 Å². The average molecular weight is 336 g/mol. The van der Waals surface area contributed by atoms with Crippen molar-refractivity contribution in [1.29, 1.82) is 0 Å². The van der Waals surface area contributed by atoms with Crippen LogP contribution in [0.5, 0.6) is 0 Å². The fourth-order valence-electron chi connectivity index (χ4n) is 0.928. The van der Waals surface area contributed by atoms with Crippen molar-refractivity contribution in [1.82, 2.24) is 5.32 Å². The Balaban J connectivity index is 2.27. The number of amides is 1. The predicted molar refractivity (Wildman–Crippen MR) is 68.0 cm³/mol. The molecule has 0 aliphatic carbocycles. The van der Waals surface area contributed by atoms with Gasteiger partial charge < -0.3 is 5.32 Å². The fraction of sp³-hybridized carbons (Fsp3) is 0.375. The Kier molecular flexibility index (Phi) is 5.44. The second kappa shape index (κ2) is 6.65. The summed E-state index contributed by atoms with van der Waals surface area (Å²) < 4.78 is 1.09. The molecule has 0 unspecified atom stereocenters. The van der Waals surface area contributed by atoms with Crippen molar-refractivity contribution in [2.75, 3.05) is 13.1 Å². The third kappa shape index (κ3) is 4.50. The molecule has 7 heteroatoms. The molecule has 1 heterocycles. The van der Waals surface area contributed by atoms with Crippen molar-refractivity contribution in [3.63, 3.8) is 0 Å². The molecule has 0 aliphatic heterocycles. The first-order valence-corrected chi connectivity index (χ1v) is 6.23. The minimum absolute atomic E-state index is 0.0740. The van der Waals surface area contributed by atoms with E-state index in [1.165, 1.54) is 11.3 Å². The van der Waals surface area contributed by atoms with Crippen LogP contribution in [0.2, 0.25) is 0 Å². The van der Waals surface area contributed by atoms with E-state index >= 15 is 0 Å². The van der Waals surface area contributed by atoms with E-state index in [2.05, 4.69) is 37.9 Å². The van der Waals surface area contributed by atoms with E-state index < -0.39 is 0 Å². The molecule has 0 fully saturated rings. The van der Waals surface area contributed by atoms with Gasteiger partial charge in [0.2, 0.25) is 0 Å². The molecule has 0 saturated carbocycles. The van der Waals surface area contributed by atoms with Gasteiger partial charge in [0.15, 0.2) is 0 Å². The molecule has 0 saturated heterocycles. The summed E-state index contributed by atoms with van der Waals surface area (Å²) >= 11 is 3.71. The summed E-state index contributed by atoms with van der Waals surface area (Å²) in [5.41, 5.74) is 8.72. The lowest BCUT2D eigenvalue weighted by molar-refractivity contribution is 0.0954. The molecule has 1 N–H and O–H groups in total. The lowest BCUT2D eigenvalue weighted by Crippen LogP contribution is -2.24. The van der Waals surface area contributed by atoms with Gasteiger partial charge in [-0.15, -0.1) is 11.3 Å². The summed E-state index contributed by atoms with van der Waals surface area (Å²) in [7, 11) is 0. The largest absolute Gasteiger partial charge is 0.352 e. The normalized spacial score (nSPS) is 9.40. The van der Waals surface area contributed by atoms with Crippen LogP contribution in [-0.2, 0) is 0 Å². The Morgan fingerprint density at radius 3 is 3.13 bits per heavy atom. The highest BCUT2D eigenvalue weighted by Crippen LogP contribution is 2.16. The van der Waals surface area contributed by atoms with Crippen molar-refractivity contribution in [2.24, 2.45) is 5.11 Å². The highest BCUT2D eigenvalue weighted by molar-refractivity contribution is 14.1. The first kappa shape index (κ1) is 12.3. The molecule has 0 atom stereocenters. The minimum Gasteiger partial charge on any atom is -0.352 e. The van der Waals surface area contributed by atoms with E-state index in [-0.39, 0.29) is 5.91 Å². The second-order valence-electron chi connectivity index (χ2n) is 2.70. The van der Waals surface area contributed by atoms with Crippen molar-refractivity contribution in [3.05, 3.63) is 30.3 Å². The minimum atomic E-state index is -0.0740. The maximum Gasteiger partial charge on any atom is 0.252 e. The molecule has 80 valence electrons. The topological polar surface area (TPSA) is 77.9 Å². The second-order valence-corrected chi connectivity index (χ2v) is 5.51. The number of hydrogen-bond acceptors (Lipinski definition) is 3. The first-order chi connectivity index (χ1) is 7.24. The molecule has 0 spiro atoms. The summed E-state index contributed by atoms with van der Waals surface area (Å²) in [5, 5.41) is 7.95. The van der Waals surface area contributed by atoms with Crippen LogP contribution in [0.1, 0.15) is 16.8 Å². The van der Waals surface area contributed by atoms with Crippen LogP contribution in [0.3, 0.4) is 0 Å². The standard InChI is InChI=1S/C8H9IN4OS/c9-7-4-6(5-15-7)8(14)11-2-1-3-12-13-10/h4-5H,1-3H2,(H,11,14).